The van der Waals surface area contributed by atoms with Crippen LogP contribution in [0, 0.1) is 18.3 Å². The van der Waals surface area contributed by atoms with Gasteiger partial charge in [-0.3, -0.25) is 0 Å². The van der Waals surface area contributed by atoms with Gasteiger partial charge < -0.3 is 9.94 Å². The molecular weight excluding hydrogens is 288 g/mol. The molecule has 0 aromatic heterocycles. The normalized spacial score (nSPS) is 11.0. The molecule has 21 heavy (non-hydrogen) atoms. The van der Waals surface area contributed by atoms with Gasteiger partial charge in [-0.2, -0.15) is 5.26 Å². The highest BCUT2D eigenvalue weighted by Crippen LogP contribution is 2.22. The van der Waals surface area contributed by atoms with E-state index in [1.54, 1.807) is 24.3 Å². The number of rotatable bonds is 4. The van der Waals surface area contributed by atoms with Crippen LogP contribution in [0.3, 0.4) is 0 Å². The van der Waals surface area contributed by atoms with E-state index in [0.717, 1.165) is 11.1 Å². The smallest absolute Gasteiger partial charge is 0.187 e. The van der Waals surface area contributed by atoms with Gasteiger partial charge in [-0.1, -0.05) is 41.0 Å². The maximum Gasteiger partial charge on any atom is 0.187 e. The maximum absolute atomic E-state index is 8.96. The highest BCUT2D eigenvalue weighted by atomic mass is 35.5. The molecule has 0 fully saturated rings. The molecular formula is C16H13ClN2O2. The Labute approximate surface area is 127 Å². The van der Waals surface area contributed by atoms with Crippen LogP contribution in [0.15, 0.2) is 47.6 Å². The molecule has 0 aliphatic rings. The van der Waals surface area contributed by atoms with Gasteiger partial charge in [0.15, 0.2) is 5.71 Å². The fourth-order valence-corrected chi connectivity index (χ4v) is 2.00. The zero-order valence-electron chi connectivity index (χ0n) is 11.4. The molecule has 0 unspecified atom stereocenters. The van der Waals surface area contributed by atoms with Gasteiger partial charge in [0, 0.05) is 10.6 Å². The third-order valence-corrected chi connectivity index (χ3v) is 3.43. The number of ether oxygens (including phenoxy) is 1. The van der Waals surface area contributed by atoms with Crippen molar-refractivity contribution in [2.24, 2.45) is 5.16 Å². The summed E-state index contributed by atoms with van der Waals surface area (Å²) in [6.45, 7) is 2.16. The lowest BCUT2D eigenvalue weighted by atomic mass is 10.0. The fourth-order valence-electron chi connectivity index (χ4n) is 1.88. The summed E-state index contributed by atoms with van der Waals surface area (Å²) < 4.78 is 5.70. The lowest BCUT2D eigenvalue weighted by Gasteiger charge is -2.10. The van der Waals surface area contributed by atoms with Gasteiger partial charge in [0.2, 0.25) is 0 Å². The zero-order chi connectivity index (χ0) is 15.2. The summed E-state index contributed by atoms with van der Waals surface area (Å²) in [5.41, 5.74) is 2.20. The predicted octanol–water partition coefficient (Wildman–Crippen LogP) is 3.93. The molecule has 0 saturated heterocycles. The number of hydrogen-bond donors (Lipinski definition) is 1. The average molecular weight is 301 g/mol. The minimum atomic E-state index is -0.0403. The summed E-state index contributed by atoms with van der Waals surface area (Å²) in [7, 11) is 0. The second-order valence-corrected chi connectivity index (χ2v) is 4.82. The first-order chi connectivity index (χ1) is 10.2. The molecule has 0 heterocycles. The lowest BCUT2D eigenvalue weighted by Crippen LogP contribution is -2.05. The van der Waals surface area contributed by atoms with Gasteiger partial charge in [0.25, 0.3) is 0 Å². The molecule has 2 aromatic rings. The third-order valence-electron chi connectivity index (χ3n) is 3.00. The highest BCUT2D eigenvalue weighted by Gasteiger charge is 2.09. The van der Waals surface area contributed by atoms with Gasteiger partial charge in [0.05, 0.1) is 0 Å². The Hall–Kier alpha value is -2.51. The Morgan fingerprint density at radius 1 is 1.33 bits per heavy atom. The van der Waals surface area contributed by atoms with Gasteiger partial charge in [0.1, 0.15) is 18.4 Å². The van der Waals surface area contributed by atoms with Crippen molar-refractivity contribution in [3.63, 3.8) is 0 Å². The Kier molecular flexibility index (Phi) is 4.81. The number of hydrogen-bond acceptors (Lipinski definition) is 4. The molecule has 106 valence electrons. The molecule has 0 radical (unpaired) electrons. The molecule has 4 nitrogen and oxygen atoms in total. The molecule has 0 atom stereocenters. The topological polar surface area (TPSA) is 65.6 Å². The third kappa shape index (κ3) is 3.53. The van der Waals surface area contributed by atoms with Gasteiger partial charge in [-0.25, -0.2) is 0 Å². The standard InChI is InChI=1S/C16H13ClN2O2/c1-11-8-13(6-7-15(11)17)21-10-12-4-2-3-5-14(12)16(9-18)19-20/h2-8,20H,10H2,1H3. The Morgan fingerprint density at radius 3 is 2.76 bits per heavy atom. The number of benzene rings is 2. The molecule has 1 N–H and O–H groups in total. The van der Waals surface area contributed by atoms with E-state index in [9.17, 15) is 0 Å². The minimum absolute atomic E-state index is 0.0403. The van der Waals surface area contributed by atoms with Crippen LogP contribution in [0.25, 0.3) is 0 Å². The molecule has 0 amide bonds. The van der Waals surface area contributed by atoms with Crippen LogP contribution in [0.2, 0.25) is 5.02 Å². The maximum atomic E-state index is 8.96. The average Bonchev–Trinajstić information content (AvgIpc) is 2.51. The van der Waals surface area contributed by atoms with E-state index in [-0.39, 0.29) is 12.3 Å². The van der Waals surface area contributed by atoms with Crippen molar-refractivity contribution < 1.29 is 9.94 Å². The minimum Gasteiger partial charge on any atom is -0.489 e. The van der Waals surface area contributed by atoms with Gasteiger partial charge in [-0.15, -0.1) is 0 Å². The first kappa shape index (κ1) is 14.9. The summed E-state index contributed by atoms with van der Waals surface area (Å²) in [6.07, 6.45) is 0. The van der Waals surface area contributed by atoms with Crippen LogP contribution < -0.4 is 4.74 Å². The van der Waals surface area contributed by atoms with Gasteiger partial charge >= 0.3 is 0 Å². The Bertz CT molecular complexity index is 720. The lowest BCUT2D eigenvalue weighted by molar-refractivity contribution is 0.305. The van der Waals surface area contributed by atoms with Crippen molar-refractivity contribution in [2.75, 3.05) is 0 Å². The van der Waals surface area contributed by atoms with Gasteiger partial charge in [-0.05, 0) is 36.2 Å². The van der Waals surface area contributed by atoms with Crippen LogP contribution in [-0.2, 0) is 6.61 Å². The van der Waals surface area contributed by atoms with Crippen LogP contribution in [-0.4, -0.2) is 10.9 Å². The quantitative estimate of drug-likeness (QED) is 0.528. The number of oxime groups is 1. The molecule has 0 bridgehead atoms. The van der Waals surface area contributed by atoms with Crippen molar-refractivity contribution >= 4 is 17.3 Å². The van der Waals surface area contributed by atoms with Crippen LogP contribution in [0.4, 0.5) is 0 Å². The molecule has 5 heteroatoms. The van der Waals surface area contributed by atoms with E-state index in [0.29, 0.717) is 16.3 Å². The number of nitriles is 1. The second kappa shape index (κ2) is 6.78. The summed E-state index contributed by atoms with van der Waals surface area (Å²) in [5.74, 6) is 0.686. The largest absolute Gasteiger partial charge is 0.489 e. The van der Waals surface area contributed by atoms with Crippen LogP contribution >= 0.6 is 11.6 Å². The molecule has 2 aromatic carbocycles. The number of nitrogens with zero attached hydrogens (tertiary/aromatic N) is 2. The fraction of sp³-hybridized carbons (Fsp3) is 0.125. The van der Waals surface area contributed by atoms with E-state index in [1.807, 2.05) is 31.2 Å². The molecule has 2 rings (SSSR count). The predicted molar refractivity (Wildman–Crippen MR) is 80.9 cm³/mol. The van der Waals surface area contributed by atoms with E-state index in [1.165, 1.54) is 0 Å². The summed E-state index contributed by atoms with van der Waals surface area (Å²) >= 11 is 5.97. The SMILES string of the molecule is Cc1cc(OCc2ccccc2C(C#N)=NO)ccc1Cl. The van der Waals surface area contributed by atoms with Crippen molar-refractivity contribution in [3.8, 4) is 11.8 Å². The molecule has 0 aliphatic heterocycles. The van der Waals surface area contributed by atoms with Crippen molar-refractivity contribution in [3.05, 3.63) is 64.2 Å². The first-order valence-corrected chi connectivity index (χ1v) is 6.63. The summed E-state index contributed by atoms with van der Waals surface area (Å²) in [4.78, 5) is 0. The summed E-state index contributed by atoms with van der Waals surface area (Å²) in [5, 5.41) is 21.5. The number of aryl methyl sites for hydroxylation is 1. The van der Waals surface area contributed by atoms with E-state index in [2.05, 4.69) is 5.16 Å². The Balaban J connectivity index is 2.21. The van der Waals surface area contributed by atoms with Crippen LogP contribution in [0.1, 0.15) is 16.7 Å². The monoisotopic (exact) mass is 300 g/mol. The molecule has 0 saturated carbocycles. The Morgan fingerprint density at radius 2 is 2.10 bits per heavy atom. The second-order valence-electron chi connectivity index (χ2n) is 4.42. The highest BCUT2D eigenvalue weighted by molar-refractivity contribution is 6.31. The van der Waals surface area contributed by atoms with Crippen LogP contribution in [0.5, 0.6) is 5.75 Å². The van der Waals surface area contributed by atoms with Crippen molar-refractivity contribution in [2.45, 2.75) is 13.5 Å². The van der Waals surface area contributed by atoms with Crippen molar-refractivity contribution in [1.29, 1.82) is 5.26 Å². The van der Waals surface area contributed by atoms with E-state index in [4.69, 9.17) is 26.8 Å². The molecule has 0 aliphatic carbocycles. The van der Waals surface area contributed by atoms with E-state index >= 15 is 0 Å². The first-order valence-electron chi connectivity index (χ1n) is 6.25. The van der Waals surface area contributed by atoms with E-state index < -0.39 is 0 Å². The molecule has 0 spiro atoms. The summed E-state index contributed by atoms with van der Waals surface area (Å²) in [6, 6.07) is 14.4. The zero-order valence-corrected chi connectivity index (χ0v) is 12.1. The number of halogens is 1. The van der Waals surface area contributed by atoms with Crippen molar-refractivity contribution in [1.82, 2.24) is 0 Å².